The fraction of sp³-hybridized carbons (Fsp3) is 0.235. The molecule has 0 radical (unpaired) electrons. The van der Waals surface area contributed by atoms with E-state index in [2.05, 4.69) is 0 Å². The molecule has 0 aliphatic carbocycles. The van der Waals surface area contributed by atoms with Crippen LogP contribution in [0.25, 0.3) is 16.3 Å². The Bertz CT molecular complexity index is 684. The van der Waals surface area contributed by atoms with E-state index in [1.54, 1.807) is 19.1 Å². The Hall–Kier alpha value is -2.29. The molecule has 0 saturated carbocycles. The van der Waals surface area contributed by atoms with E-state index in [0.29, 0.717) is 5.57 Å². The Morgan fingerprint density at radius 3 is 2.40 bits per heavy atom. The van der Waals surface area contributed by atoms with Gasteiger partial charge in [0.25, 0.3) is 0 Å². The summed E-state index contributed by atoms with van der Waals surface area (Å²) < 4.78 is 0. The molecule has 20 heavy (non-hydrogen) atoms. The number of benzene rings is 2. The van der Waals surface area contributed by atoms with Crippen LogP contribution in [0.2, 0.25) is 0 Å². The molecule has 2 aromatic carbocycles. The second kappa shape index (κ2) is 5.78. The van der Waals surface area contributed by atoms with Crippen molar-refractivity contribution in [1.82, 2.24) is 0 Å². The van der Waals surface area contributed by atoms with Crippen LogP contribution in [0, 0.1) is 0 Å². The molecule has 0 fully saturated rings. The molecule has 0 atom stereocenters. The third-order valence-electron chi connectivity index (χ3n) is 3.45. The highest BCUT2D eigenvalue weighted by atomic mass is 16.4. The van der Waals surface area contributed by atoms with Crippen molar-refractivity contribution in [3.8, 4) is 5.75 Å². The summed E-state index contributed by atoms with van der Waals surface area (Å²) in [6.45, 7) is 3.68. The Morgan fingerprint density at radius 1 is 1.10 bits per heavy atom. The molecular weight excluding hydrogens is 252 g/mol. The largest absolute Gasteiger partial charge is 0.508 e. The molecule has 0 spiro atoms. The van der Waals surface area contributed by atoms with Crippen LogP contribution < -0.4 is 0 Å². The molecule has 3 heteroatoms. The third kappa shape index (κ3) is 2.82. The van der Waals surface area contributed by atoms with Crippen molar-refractivity contribution in [3.63, 3.8) is 0 Å². The number of carboxylic acids is 1. The minimum absolute atomic E-state index is 0.233. The molecule has 0 amide bonds. The lowest BCUT2D eigenvalue weighted by molar-refractivity contribution is -0.132. The second-order valence-corrected chi connectivity index (χ2v) is 4.90. The van der Waals surface area contributed by atoms with Gasteiger partial charge in [-0.2, -0.15) is 0 Å². The van der Waals surface area contributed by atoms with Crippen LogP contribution in [0.4, 0.5) is 0 Å². The standard InChI is InChI=1S/C17H18O3/c1-3-4-16(11(2)17(19)20)14-6-5-13-10-15(18)8-7-12(13)9-14/h5-10,18H,3-4H2,1-2H3,(H,19,20)/b16-11+. The summed E-state index contributed by atoms with van der Waals surface area (Å²) in [4.78, 5) is 11.2. The smallest absolute Gasteiger partial charge is 0.331 e. The van der Waals surface area contributed by atoms with E-state index in [9.17, 15) is 15.0 Å². The van der Waals surface area contributed by atoms with Crippen molar-refractivity contribution in [2.24, 2.45) is 0 Å². The minimum atomic E-state index is -0.876. The van der Waals surface area contributed by atoms with Crippen LogP contribution in [0.5, 0.6) is 5.75 Å². The maximum atomic E-state index is 11.2. The van der Waals surface area contributed by atoms with E-state index < -0.39 is 5.97 Å². The molecular formula is C17H18O3. The third-order valence-corrected chi connectivity index (χ3v) is 3.45. The molecule has 0 aliphatic rings. The number of rotatable bonds is 4. The van der Waals surface area contributed by atoms with E-state index in [4.69, 9.17) is 0 Å². The first-order chi connectivity index (χ1) is 9.52. The first-order valence-electron chi connectivity index (χ1n) is 6.69. The fourth-order valence-electron chi connectivity index (χ4n) is 2.35. The number of allylic oxidation sites excluding steroid dienone is 1. The van der Waals surface area contributed by atoms with Gasteiger partial charge in [-0.25, -0.2) is 4.79 Å². The number of phenolic OH excluding ortho intramolecular Hbond substituents is 1. The topological polar surface area (TPSA) is 57.5 Å². The number of phenols is 1. The van der Waals surface area contributed by atoms with E-state index in [1.165, 1.54) is 0 Å². The molecule has 0 saturated heterocycles. The lowest BCUT2D eigenvalue weighted by atomic mass is 9.94. The number of aromatic hydroxyl groups is 1. The quantitative estimate of drug-likeness (QED) is 0.818. The first-order valence-corrected chi connectivity index (χ1v) is 6.69. The molecule has 0 bridgehead atoms. The highest BCUT2D eigenvalue weighted by Crippen LogP contribution is 2.28. The van der Waals surface area contributed by atoms with Crippen molar-refractivity contribution in [3.05, 3.63) is 47.5 Å². The fourth-order valence-corrected chi connectivity index (χ4v) is 2.35. The Morgan fingerprint density at radius 2 is 1.75 bits per heavy atom. The monoisotopic (exact) mass is 270 g/mol. The highest BCUT2D eigenvalue weighted by molar-refractivity contribution is 5.97. The number of carboxylic acid groups (broad SMARTS) is 1. The predicted octanol–water partition coefficient (Wildman–Crippen LogP) is 4.20. The van der Waals surface area contributed by atoms with Crippen molar-refractivity contribution in [2.45, 2.75) is 26.7 Å². The van der Waals surface area contributed by atoms with Gasteiger partial charge in [-0.15, -0.1) is 0 Å². The Labute approximate surface area is 118 Å². The molecule has 2 rings (SSSR count). The van der Waals surface area contributed by atoms with Crippen LogP contribution in [0.15, 0.2) is 42.0 Å². The number of hydrogen-bond acceptors (Lipinski definition) is 2. The maximum Gasteiger partial charge on any atom is 0.331 e. The van der Waals surface area contributed by atoms with E-state index in [-0.39, 0.29) is 5.75 Å². The van der Waals surface area contributed by atoms with Gasteiger partial charge in [0.15, 0.2) is 0 Å². The summed E-state index contributed by atoms with van der Waals surface area (Å²) in [7, 11) is 0. The molecule has 0 unspecified atom stereocenters. The number of carbonyl (C=O) groups is 1. The number of hydrogen-bond donors (Lipinski definition) is 2. The van der Waals surface area contributed by atoms with Gasteiger partial charge in [0.1, 0.15) is 5.75 Å². The summed E-state index contributed by atoms with van der Waals surface area (Å²) >= 11 is 0. The van der Waals surface area contributed by atoms with Gasteiger partial charge >= 0.3 is 5.97 Å². The average molecular weight is 270 g/mol. The van der Waals surface area contributed by atoms with Gasteiger partial charge in [0, 0.05) is 5.57 Å². The normalized spacial score (nSPS) is 12.3. The average Bonchev–Trinajstić information content (AvgIpc) is 2.43. The molecule has 104 valence electrons. The van der Waals surface area contributed by atoms with Crippen LogP contribution in [0.1, 0.15) is 32.3 Å². The summed E-state index contributed by atoms with van der Waals surface area (Å²) in [5, 5.41) is 20.6. The van der Waals surface area contributed by atoms with Gasteiger partial charge in [-0.1, -0.05) is 31.5 Å². The van der Waals surface area contributed by atoms with Crippen molar-refractivity contribution in [2.75, 3.05) is 0 Å². The molecule has 0 heterocycles. The molecule has 2 N–H and O–H groups in total. The van der Waals surface area contributed by atoms with Crippen molar-refractivity contribution in [1.29, 1.82) is 0 Å². The molecule has 2 aromatic rings. The highest BCUT2D eigenvalue weighted by Gasteiger charge is 2.11. The van der Waals surface area contributed by atoms with Gasteiger partial charge in [-0.05, 0) is 53.5 Å². The van der Waals surface area contributed by atoms with Crippen LogP contribution in [-0.4, -0.2) is 16.2 Å². The zero-order valence-electron chi connectivity index (χ0n) is 11.7. The zero-order valence-corrected chi connectivity index (χ0v) is 11.7. The van der Waals surface area contributed by atoms with E-state index >= 15 is 0 Å². The zero-order chi connectivity index (χ0) is 14.7. The van der Waals surface area contributed by atoms with Gasteiger partial charge in [-0.3, -0.25) is 0 Å². The summed E-state index contributed by atoms with van der Waals surface area (Å²) in [6.07, 6.45) is 1.63. The lowest BCUT2D eigenvalue weighted by Crippen LogP contribution is -2.01. The van der Waals surface area contributed by atoms with Crippen LogP contribution >= 0.6 is 0 Å². The van der Waals surface area contributed by atoms with Crippen LogP contribution in [-0.2, 0) is 4.79 Å². The second-order valence-electron chi connectivity index (χ2n) is 4.90. The number of fused-ring (bicyclic) bond motifs is 1. The summed E-state index contributed by atoms with van der Waals surface area (Å²) in [6, 6.07) is 11.0. The lowest BCUT2D eigenvalue weighted by Gasteiger charge is -2.11. The predicted molar refractivity (Wildman–Crippen MR) is 80.8 cm³/mol. The molecule has 3 nitrogen and oxygen atoms in total. The Kier molecular flexibility index (Phi) is 4.08. The molecule has 0 aromatic heterocycles. The van der Waals surface area contributed by atoms with Gasteiger partial charge < -0.3 is 10.2 Å². The van der Waals surface area contributed by atoms with Crippen molar-refractivity contribution < 1.29 is 15.0 Å². The van der Waals surface area contributed by atoms with Gasteiger partial charge in [0.05, 0.1) is 0 Å². The number of aliphatic carboxylic acids is 1. The van der Waals surface area contributed by atoms with E-state index in [0.717, 1.165) is 34.8 Å². The maximum absolute atomic E-state index is 11.2. The van der Waals surface area contributed by atoms with Crippen LogP contribution in [0.3, 0.4) is 0 Å². The van der Waals surface area contributed by atoms with E-state index in [1.807, 2.05) is 31.2 Å². The van der Waals surface area contributed by atoms with Crippen molar-refractivity contribution >= 4 is 22.3 Å². The minimum Gasteiger partial charge on any atom is -0.508 e. The summed E-state index contributed by atoms with van der Waals surface area (Å²) in [5.74, 6) is -0.643. The van der Waals surface area contributed by atoms with Gasteiger partial charge in [0.2, 0.25) is 0 Å². The molecule has 0 aliphatic heterocycles. The summed E-state index contributed by atoms with van der Waals surface area (Å²) in [5.41, 5.74) is 2.20. The Balaban J connectivity index is 2.57. The SMILES string of the molecule is CCC/C(=C(/C)C(=O)O)c1ccc2cc(O)ccc2c1. The first kappa shape index (κ1) is 14.1.